The van der Waals surface area contributed by atoms with Crippen LogP contribution in [0.1, 0.15) is 0 Å². The monoisotopic (exact) mass is 259 g/mol. The number of hydrogen-bond acceptors (Lipinski definition) is 4. The summed E-state index contributed by atoms with van der Waals surface area (Å²) in [5, 5.41) is 10.7. The normalized spacial score (nSPS) is 10.6. The molecule has 7 heteroatoms. The quantitative estimate of drug-likeness (QED) is 0.583. The molecule has 0 fully saturated rings. The first kappa shape index (κ1) is 10.9. The van der Waals surface area contributed by atoms with E-state index >= 15 is 0 Å². The van der Waals surface area contributed by atoms with Crippen LogP contribution >= 0.6 is 23.2 Å². The highest BCUT2D eigenvalue weighted by atomic mass is 35.5. The molecule has 0 saturated heterocycles. The molecule has 0 atom stereocenters. The summed E-state index contributed by atoms with van der Waals surface area (Å²) in [4.78, 5) is 21.3. The standard InChI is InChI=1S/C9H3Cl2NO4/c10-7-5-2-1-4(12(14)15)3-6(5)9(13)16-8(7)11/h1-3H. The Morgan fingerprint density at radius 1 is 1.25 bits per heavy atom. The van der Waals surface area contributed by atoms with E-state index in [1.165, 1.54) is 12.1 Å². The molecule has 0 aliphatic rings. The van der Waals surface area contributed by atoms with E-state index in [4.69, 9.17) is 23.2 Å². The molecule has 2 aromatic rings. The van der Waals surface area contributed by atoms with Gasteiger partial charge < -0.3 is 4.42 Å². The fourth-order valence-electron chi connectivity index (χ4n) is 1.29. The third-order valence-corrected chi connectivity index (χ3v) is 2.76. The average Bonchev–Trinajstić information content (AvgIpc) is 2.25. The van der Waals surface area contributed by atoms with Gasteiger partial charge in [-0.1, -0.05) is 11.6 Å². The van der Waals surface area contributed by atoms with Crippen LogP contribution in [0.25, 0.3) is 10.8 Å². The SMILES string of the molecule is O=c1oc(Cl)c(Cl)c2ccc([N+](=O)[O-])cc12. The maximum atomic E-state index is 11.4. The predicted octanol–water partition coefficient (Wildman–Crippen LogP) is 3.01. The van der Waals surface area contributed by atoms with Crippen molar-refractivity contribution in [3.8, 4) is 0 Å². The molecule has 0 spiro atoms. The van der Waals surface area contributed by atoms with Crippen molar-refractivity contribution in [1.29, 1.82) is 0 Å². The van der Waals surface area contributed by atoms with Crippen molar-refractivity contribution in [2.24, 2.45) is 0 Å². The summed E-state index contributed by atoms with van der Waals surface area (Å²) in [5.74, 6) is 0. The number of nitrogens with zero attached hydrogens (tertiary/aromatic N) is 1. The number of fused-ring (bicyclic) bond motifs is 1. The minimum atomic E-state index is -0.756. The molecule has 0 aliphatic carbocycles. The van der Waals surface area contributed by atoms with Gasteiger partial charge in [-0.3, -0.25) is 10.1 Å². The van der Waals surface area contributed by atoms with Crippen LogP contribution in [-0.2, 0) is 0 Å². The van der Waals surface area contributed by atoms with E-state index in [9.17, 15) is 14.9 Å². The second-order valence-electron chi connectivity index (χ2n) is 2.96. The average molecular weight is 260 g/mol. The number of benzene rings is 1. The van der Waals surface area contributed by atoms with Gasteiger partial charge in [0.15, 0.2) is 0 Å². The van der Waals surface area contributed by atoms with Gasteiger partial charge in [-0.15, -0.1) is 0 Å². The van der Waals surface area contributed by atoms with Crippen molar-refractivity contribution in [2.45, 2.75) is 0 Å². The molecule has 0 N–H and O–H groups in total. The number of nitro groups is 1. The van der Waals surface area contributed by atoms with Gasteiger partial charge in [0.1, 0.15) is 5.02 Å². The molecule has 82 valence electrons. The van der Waals surface area contributed by atoms with Crippen LogP contribution in [0.15, 0.2) is 27.4 Å². The first-order valence-electron chi connectivity index (χ1n) is 4.07. The fraction of sp³-hybridized carbons (Fsp3) is 0. The lowest BCUT2D eigenvalue weighted by molar-refractivity contribution is -0.384. The molecule has 5 nitrogen and oxygen atoms in total. The van der Waals surface area contributed by atoms with Gasteiger partial charge in [0, 0.05) is 17.5 Å². The number of rotatable bonds is 1. The molecule has 0 amide bonds. The molecule has 1 heterocycles. The summed E-state index contributed by atoms with van der Waals surface area (Å²) in [6.45, 7) is 0. The van der Waals surface area contributed by atoms with Gasteiger partial charge in [-0.05, 0) is 17.7 Å². The zero-order valence-corrected chi connectivity index (χ0v) is 9.08. The zero-order valence-electron chi connectivity index (χ0n) is 7.57. The number of nitro benzene ring substituents is 1. The second-order valence-corrected chi connectivity index (χ2v) is 3.69. The van der Waals surface area contributed by atoms with Crippen LogP contribution in [0.4, 0.5) is 5.69 Å². The van der Waals surface area contributed by atoms with Crippen LogP contribution in [0.5, 0.6) is 0 Å². The van der Waals surface area contributed by atoms with Crippen LogP contribution in [0.3, 0.4) is 0 Å². The molecule has 1 aromatic heterocycles. The van der Waals surface area contributed by atoms with Gasteiger partial charge in [-0.25, -0.2) is 4.79 Å². The Morgan fingerprint density at radius 3 is 2.56 bits per heavy atom. The molecule has 0 saturated carbocycles. The van der Waals surface area contributed by atoms with Crippen molar-refractivity contribution < 1.29 is 9.34 Å². The molecule has 16 heavy (non-hydrogen) atoms. The third-order valence-electron chi connectivity index (χ3n) is 2.03. The minimum absolute atomic E-state index is 0.0311. The fourth-order valence-corrected chi connectivity index (χ4v) is 1.67. The molecule has 0 bridgehead atoms. The van der Waals surface area contributed by atoms with Crippen molar-refractivity contribution in [3.05, 3.63) is 49.0 Å². The van der Waals surface area contributed by atoms with Crippen molar-refractivity contribution in [3.63, 3.8) is 0 Å². The lowest BCUT2D eigenvalue weighted by atomic mass is 10.2. The van der Waals surface area contributed by atoms with E-state index in [2.05, 4.69) is 4.42 Å². The van der Waals surface area contributed by atoms with Crippen LogP contribution in [-0.4, -0.2) is 4.92 Å². The minimum Gasteiger partial charge on any atom is -0.409 e. The second kappa shape index (κ2) is 3.77. The van der Waals surface area contributed by atoms with Crippen LogP contribution in [0, 0.1) is 10.1 Å². The van der Waals surface area contributed by atoms with Gasteiger partial charge in [0.05, 0.1) is 10.3 Å². The summed E-state index contributed by atoms with van der Waals surface area (Å²) in [6.07, 6.45) is 0. The topological polar surface area (TPSA) is 73.3 Å². The Kier molecular flexibility index (Phi) is 2.57. The van der Waals surface area contributed by atoms with Crippen molar-refractivity contribution >= 4 is 39.7 Å². The highest BCUT2D eigenvalue weighted by Gasteiger charge is 2.14. The molecule has 0 radical (unpaired) electrons. The molecular weight excluding hydrogens is 257 g/mol. The number of halogens is 2. The summed E-state index contributed by atoms with van der Waals surface area (Å²) in [7, 11) is 0. The largest absolute Gasteiger partial charge is 0.409 e. The van der Waals surface area contributed by atoms with E-state index < -0.39 is 10.5 Å². The maximum absolute atomic E-state index is 11.4. The highest BCUT2D eigenvalue weighted by Crippen LogP contribution is 2.30. The molecule has 2 rings (SSSR count). The Balaban J connectivity index is 2.90. The van der Waals surface area contributed by atoms with Gasteiger partial charge in [0.2, 0.25) is 5.22 Å². The Morgan fingerprint density at radius 2 is 1.94 bits per heavy atom. The third kappa shape index (κ3) is 1.64. The van der Waals surface area contributed by atoms with Crippen molar-refractivity contribution in [1.82, 2.24) is 0 Å². The van der Waals surface area contributed by atoms with E-state index in [1.807, 2.05) is 0 Å². The van der Waals surface area contributed by atoms with Gasteiger partial charge in [-0.2, -0.15) is 0 Å². The van der Waals surface area contributed by atoms with E-state index in [1.54, 1.807) is 0 Å². The van der Waals surface area contributed by atoms with Crippen LogP contribution in [0.2, 0.25) is 10.2 Å². The zero-order chi connectivity index (χ0) is 11.9. The summed E-state index contributed by atoms with van der Waals surface area (Å²) >= 11 is 11.4. The lowest BCUT2D eigenvalue weighted by Crippen LogP contribution is -2.00. The molecular formula is C9H3Cl2NO4. The number of non-ortho nitro benzene ring substituents is 1. The summed E-state index contributed by atoms with van der Waals surface area (Å²) in [5.41, 5.74) is -0.966. The Labute approximate surface area is 98.3 Å². The van der Waals surface area contributed by atoms with E-state index in [-0.39, 0.29) is 21.3 Å². The summed E-state index contributed by atoms with van der Waals surface area (Å²) < 4.78 is 4.61. The van der Waals surface area contributed by atoms with Gasteiger partial charge in [0.25, 0.3) is 5.69 Å². The molecule has 0 unspecified atom stereocenters. The highest BCUT2D eigenvalue weighted by molar-refractivity contribution is 6.44. The maximum Gasteiger partial charge on any atom is 0.345 e. The van der Waals surface area contributed by atoms with E-state index in [0.717, 1.165) is 6.07 Å². The lowest BCUT2D eigenvalue weighted by Gasteiger charge is -2.00. The number of hydrogen-bond donors (Lipinski definition) is 0. The Hall–Kier alpha value is -1.59. The van der Waals surface area contributed by atoms with Crippen LogP contribution < -0.4 is 5.63 Å². The smallest absolute Gasteiger partial charge is 0.345 e. The molecule has 0 aliphatic heterocycles. The van der Waals surface area contributed by atoms with Crippen molar-refractivity contribution in [2.75, 3.05) is 0 Å². The van der Waals surface area contributed by atoms with Gasteiger partial charge >= 0.3 is 5.63 Å². The molecule has 1 aromatic carbocycles. The first-order valence-corrected chi connectivity index (χ1v) is 4.82. The summed E-state index contributed by atoms with van der Waals surface area (Å²) in [6, 6.07) is 3.70. The first-order chi connectivity index (χ1) is 7.50. The predicted molar refractivity (Wildman–Crippen MR) is 59.2 cm³/mol. The van der Waals surface area contributed by atoms with E-state index in [0.29, 0.717) is 5.39 Å². The Bertz CT molecular complexity index is 650.